The van der Waals surface area contributed by atoms with E-state index in [1.54, 1.807) is 0 Å². The molecule has 1 fully saturated rings. The van der Waals surface area contributed by atoms with Crippen LogP contribution < -0.4 is 5.32 Å². The molecule has 0 atom stereocenters. The maximum Gasteiger partial charge on any atom is 0.348 e. The number of hydrogen-bond donors (Lipinski definition) is 2. The van der Waals surface area contributed by atoms with Crippen molar-refractivity contribution in [2.75, 3.05) is 18.5 Å². The van der Waals surface area contributed by atoms with Crippen LogP contribution in [0.25, 0.3) is 0 Å². The van der Waals surface area contributed by atoms with Crippen molar-refractivity contribution in [2.24, 2.45) is 0 Å². The SMILES string of the molecule is O=[N+]([O-])c1c(Cl)nc(C2CC2)nc1NCCCCCO. The van der Waals surface area contributed by atoms with E-state index in [2.05, 4.69) is 15.3 Å². The lowest BCUT2D eigenvalue weighted by Crippen LogP contribution is -2.09. The van der Waals surface area contributed by atoms with E-state index in [1.807, 2.05) is 0 Å². The quantitative estimate of drug-likeness (QED) is 0.331. The van der Waals surface area contributed by atoms with E-state index < -0.39 is 4.92 Å². The van der Waals surface area contributed by atoms with Gasteiger partial charge in [-0.25, -0.2) is 9.97 Å². The third kappa shape index (κ3) is 3.77. The third-order valence-corrected chi connectivity index (χ3v) is 3.37. The summed E-state index contributed by atoms with van der Waals surface area (Å²) in [7, 11) is 0. The molecule has 0 spiro atoms. The minimum absolute atomic E-state index is 0.107. The molecule has 1 aliphatic carbocycles. The molecule has 20 heavy (non-hydrogen) atoms. The van der Waals surface area contributed by atoms with Crippen LogP contribution in [0.5, 0.6) is 0 Å². The highest BCUT2D eigenvalue weighted by atomic mass is 35.5. The molecule has 2 N–H and O–H groups in total. The van der Waals surface area contributed by atoms with Crippen LogP contribution >= 0.6 is 11.6 Å². The molecule has 0 unspecified atom stereocenters. The maximum absolute atomic E-state index is 11.0. The van der Waals surface area contributed by atoms with Crippen molar-refractivity contribution in [3.63, 3.8) is 0 Å². The summed E-state index contributed by atoms with van der Waals surface area (Å²) in [6.07, 6.45) is 4.39. The molecule has 1 aromatic heterocycles. The van der Waals surface area contributed by atoms with E-state index in [0.29, 0.717) is 12.4 Å². The van der Waals surface area contributed by atoms with Crippen LogP contribution in [0.4, 0.5) is 11.5 Å². The molecule has 1 heterocycles. The van der Waals surface area contributed by atoms with Gasteiger partial charge in [0.2, 0.25) is 11.0 Å². The van der Waals surface area contributed by atoms with Crippen molar-refractivity contribution in [3.8, 4) is 0 Å². The van der Waals surface area contributed by atoms with Crippen LogP contribution in [-0.4, -0.2) is 33.1 Å². The summed E-state index contributed by atoms with van der Waals surface area (Å²) in [5.74, 6) is 1.06. The third-order valence-electron chi connectivity index (χ3n) is 3.11. The Kier molecular flexibility index (Phi) is 5.08. The van der Waals surface area contributed by atoms with Gasteiger partial charge in [0.05, 0.1) is 4.92 Å². The number of anilines is 1. The molecule has 8 heteroatoms. The fourth-order valence-corrected chi connectivity index (χ4v) is 2.12. The number of nitro groups is 1. The van der Waals surface area contributed by atoms with Crippen LogP contribution in [0.3, 0.4) is 0 Å². The minimum atomic E-state index is -0.560. The Morgan fingerprint density at radius 3 is 2.70 bits per heavy atom. The van der Waals surface area contributed by atoms with Gasteiger partial charge in [0.25, 0.3) is 0 Å². The molecule has 0 bridgehead atoms. The molecular weight excluding hydrogens is 284 g/mol. The zero-order chi connectivity index (χ0) is 14.5. The lowest BCUT2D eigenvalue weighted by molar-refractivity contribution is -0.384. The number of aliphatic hydroxyl groups excluding tert-OH is 1. The first-order chi connectivity index (χ1) is 9.63. The largest absolute Gasteiger partial charge is 0.396 e. The van der Waals surface area contributed by atoms with Crippen molar-refractivity contribution in [2.45, 2.75) is 38.0 Å². The van der Waals surface area contributed by atoms with E-state index in [9.17, 15) is 10.1 Å². The number of halogens is 1. The fourth-order valence-electron chi connectivity index (χ4n) is 1.87. The lowest BCUT2D eigenvalue weighted by Gasteiger charge is -2.08. The molecule has 1 saturated carbocycles. The van der Waals surface area contributed by atoms with Crippen LogP contribution in [0.1, 0.15) is 43.8 Å². The maximum atomic E-state index is 11.0. The number of rotatable bonds is 8. The van der Waals surface area contributed by atoms with Crippen molar-refractivity contribution in [1.29, 1.82) is 0 Å². The average molecular weight is 301 g/mol. The van der Waals surface area contributed by atoms with E-state index in [-0.39, 0.29) is 29.2 Å². The Hall–Kier alpha value is -1.47. The Bertz CT molecular complexity index is 494. The van der Waals surface area contributed by atoms with Gasteiger partial charge in [-0.2, -0.15) is 0 Å². The number of nitrogens with one attached hydrogen (secondary N) is 1. The highest BCUT2D eigenvalue weighted by Crippen LogP contribution is 2.41. The van der Waals surface area contributed by atoms with Gasteiger partial charge in [-0.15, -0.1) is 0 Å². The molecule has 0 saturated heterocycles. The second kappa shape index (κ2) is 6.81. The van der Waals surface area contributed by atoms with Crippen LogP contribution in [-0.2, 0) is 0 Å². The van der Waals surface area contributed by atoms with E-state index >= 15 is 0 Å². The number of nitrogens with zero attached hydrogens (tertiary/aromatic N) is 3. The van der Waals surface area contributed by atoms with Gasteiger partial charge >= 0.3 is 5.69 Å². The molecule has 1 aromatic rings. The van der Waals surface area contributed by atoms with Crippen LogP contribution in [0.2, 0.25) is 5.15 Å². The van der Waals surface area contributed by atoms with Gasteiger partial charge in [0.15, 0.2) is 0 Å². The number of hydrogen-bond acceptors (Lipinski definition) is 6. The molecule has 110 valence electrons. The second-order valence-electron chi connectivity index (χ2n) is 4.81. The first kappa shape index (κ1) is 14.9. The first-order valence-electron chi connectivity index (χ1n) is 6.70. The molecule has 1 aliphatic rings. The Labute approximate surface area is 121 Å². The van der Waals surface area contributed by atoms with Crippen LogP contribution in [0.15, 0.2) is 0 Å². The standard InChI is InChI=1S/C12H17ClN4O3/c13-10-9(17(19)20)12(14-6-2-1-3-7-18)16-11(15-10)8-4-5-8/h8,18H,1-7H2,(H,14,15,16). The summed E-state index contributed by atoms with van der Waals surface area (Å²) in [6, 6.07) is 0. The van der Waals surface area contributed by atoms with Crippen LogP contribution in [0, 0.1) is 10.1 Å². The van der Waals surface area contributed by atoms with Gasteiger partial charge in [-0.1, -0.05) is 11.6 Å². The smallest absolute Gasteiger partial charge is 0.348 e. The second-order valence-corrected chi connectivity index (χ2v) is 5.17. The highest BCUT2D eigenvalue weighted by Gasteiger charge is 2.31. The summed E-state index contributed by atoms with van der Waals surface area (Å²) in [5, 5.41) is 22.6. The van der Waals surface area contributed by atoms with Crippen molar-refractivity contribution in [1.82, 2.24) is 9.97 Å². The Balaban J connectivity index is 2.09. The van der Waals surface area contributed by atoms with Crippen molar-refractivity contribution >= 4 is 23.1 Å². The van der Waals surface area contributed by atoms with Gasteiger partial charge in [0, 0.05) is 19.1 Å². The van der Waals surface area contributed by atoms with E-state index in [4.69, 9.17) is 16.7 Å². The summed E-state index contributed by atoms with van der Waals surface area (Å²) < 4.78 is 0. The minimum Gasteiger partial charge on any atom is -0.396 e. The molecule has 0 aromatic carbocycles. The molecule has 0 amide bonds. The van der Waals surface area contributed by atoms with Gasteiger partial charge in [-0.3, -0.25) is 10.1 Å². The summed E-state index contributed by atoms with van der Waals surface area (Å²) in [5.41, 5.74) is -0.266. The highest BCUT2D eigenvalue weighted by molar-refractivity contribution is 6.31. The van der Waals surface area contributed by atoms with Crippen molar-refractivity contribution < 1.29 is 10.0 Å². The monoisotopic (exact) mass is 300 g/mol. The first-order valence-corrected chi connectivity index (χ1v) is 7.08. The zero-order valence-electron chi connectivity index (χ0n) is 11.0. The number of aromatic nitrogens is 2. The van der Waals surface area contributed by atoms with Gasteiger partial charge < -0.3 is 10.4 Å². The normalized spacial score (nSPS) is 14.3. The van der Waals surface area contributed by atoms with E-state index in [1.165, 1.54) is 0 Å². The molecule has 0 aliphatic heterocycles. The Morgan fingerprint density at radius 1 is 1.35 bits per heavy atom. The van der Waals surface area contributed by atoms with Crippen molar-refractivity contribution in [3.05, 3.63) is 21.1 Å². The number of unbranched alkanes of at least 4 members (excludes halogenated alkanes) is 2. The fraction of sp³-hybridized carbons (Fsp3) is 0.667. The molecule has 2 rings (SSSR count). The average Bonchev–Trinajstić information content (AvgIpc) is 3.21. The van der Waals surface area contributed by atoms with Gasteiger partial charge in [0.1, 0.15) is 5.82 Å². The lowest BCUT2D eigenvalue weighted by atomic mass is 10.2. The summed E-state index contributed by atoms with van der Waals surface area (Å²) >= 11 is 5.90. The zero-order valence-corrected chi connectivity index (χ0v) is 11.8. The molecule has 0 radical (unpaired) electrons. The predicted molar refractivity (Wildman–Crippen MR) is 75.1 cm³/mol. The summed E-state index contributed by atoms with van der Waals surface area (Å²) in [4.78, 5) is 18.7. The van der Waals surface area contributed by atoms with E-state index in [0.717, 1.165) is 32.1 Å². The topological polar surface area (TPSA) is 101 Å². The molecule has 7 nitrogen and oxygen atoms in total. The number of aliphatic hydroxyl groups is 1. The Morgan fingerprint density at radius 2 is 2.10 bits per heavy atom. The predicted octanol–water partition coefficient (Wildman–Crippen LogP) is 2.49. The molecular formula is C12H17ClN4O3. The van der Waals surface area contributed by atoms with Gasteiger partial charge in [-0.05, 0) is 32.1 Å². The summed E-state index contributed by atoms with van der Waals surface area (Å²) in [6.45, 7) is 0.712.